The van der Waals surface area contributed by atoms with Crippen molar-refractivity contribution in [3.63, 3.8) is 0 Å². The molecule has 3 aromatic rings. The number of nitrogens with one attached hydrogen (secondary N) is 2. The standard InChI is InChI=1S/C18H20N4O4S3/c1-13-3-7-15(8-4-13)28(23,24)19-12-11-17-20-21-18(27-17)22-29(25,26)16-9-5-14(2)6-10-16/h3-10,19H,11-12H2,1-2H3,(H,21,22). The second kappa shape index (κ2) is 8.57. The van der Waals surface area contributed by atoms with Gasteiger partial charge in [0.15, 0.2) is 0 Å². The molecule has 3 rings (SSSR count). The number of sulfonamides is 2. The Morgan fingerprint density at radius 3 is 1.86 bits per heavy atom. The van der Waals surface area contributed by atoms with Crippen molar-refractivity contribution in [2.24, 2.45) is 0 Å². The van der Waals surface area contributed by atoms with Crippen LogP contribution in [-0.4, -0.2) is 33.6 Å². The van der Waals surface area contributed by atoms with Crippen LogP contribution in [0.25, 0.3) is 0 Å². The molecule has 0 spiro atoms. The van der Waals surface area contributed by atoms with Crippen LogP contribution in [0, 0.1) is 13.8 Å². The predicted molar refractivity (Wildman–Crippen MR) is 112 cm³/mol. The van der Waals surface area contributed by atoms with E-state index in [-0.39, 0.29) is 27.9 Å². The first-order chi connectivity index (χ1) is 13.7. The van der Waals surface area contributed by atoms with Crippen LogP contribution >= 0.6 is 11.3 Å². The number of aryl methyl sites for hydroxylation is 2. The Hall–Kier alpha value is -2.34. The van der Waals surface area contributed by atoms with Crippen LogP contribution in [0.2, 0.25) is 0 Å². The summed E-state index contributed by atoms with van der Waals surface area (Å²) in [4.78, 5) is 0.317. The fraction of sp³-hybridized carbons (Fsp3) is 0.222. The molecule has 11 heteroatoms. The third-order valence-electron chi connectivity index (χ3n) is 3.98. The highest BCUT2D eigenvalue weighted by Crippen LogP contribution is 2.20. The number of hydrogen-bond donors (Lipinski definition) is 2. The monoisotopic (exact) mass is 452 g/mol. The summed E-state index contributed by atoms with van der Waals surface area (Å²) in [6, 6.07) is 13.0. The molecule has 0 radical (unpaired) electrons. The second-order valence-electron chi connectivity index (χ2n) is 6.38. The van der Waals surface area contributed by atoms with Crippen LogP contribution < -0.4 is 9.44 Å². The van der Waals surface area contributed by atoms with E-state index < -0.39 is 20.0 Å². The summed E-state index contributed by atoms with van der Waals surface area (Å²) in [6.45, 7) is 3.87. The van der Waals surface area contributed by atoms with Gasteiger partial charge in [-0.1, -0.05) is 46.7 Å². The number of benzene rings is 2. The Balaban J connectivity index is 1.59. The SMILES string of the molecule is Cc1ccc(S(=O)(=O)NCCc2nnc(NS(=O)(=O)c3ccc(C)cc3)s2)cc1. The number of anilines is 1. The molecule has 8 nitrogen and oxygen atoms in total. The van der Waals surface area contributed by atoms with E-state index in [1.807, 2.05) is 13.8 Å². The highest BCUT2D eigenvalue weighted by molar-refractivity contribution is 7.93. The molecule has 0 aliphatic rings. The fourth-order valence-electron chi connectivity index (χ4n) is 2.38. The number of nitrogens with zero attached hydrogens (tertiary/aromatic N) is 2. The van der Waals surface area contributed by atoms with Gasteiger partial charge in [-0.3, -0.25) is 4.72 Å². The van der Waals surface area contributed by atoms with Crippen LogP contribution in [0.1, 0.15) is 16.1 Å². The fourth-order valence-corrected chi connectivity index (χ4v) is 5.38. The summed E-state index contributed by atoms with van der Waals surface area (Å²) in [5, 5.41) is 8.39. The topological polar surface area (TPSA) is 118 Å². The molecule has 0 unspecified atom stereocenters. The molecule has 0 saturated carbocycles. The van der Waals surface area contributed by atoms with Crippen molar-refractivity contribution >= 4 is 36.5 Å². The maximum atomic E-state index is 12.4. The molecular weight excluding hydrogens is 432 g/mol. The van der Waals surface area contributed by atoms with Gasteiger partial charge in [0, 0.05) is 13.0 Å². The number of hydrogen-bond acceptors (Lipinski definition) is 7. The van der Waals surface area contributed by atoms with Gasteiger partial charge in [-0.05, 0) is 38.1 Å². The molecule has 0 atom stereocenters. The lowest BCUT2D eigenvalue weighted by atomic mass is 10.2. The molecule has 0 saturated heterocycles. The summed E-state index contributed by atoms with van der Waals surface area (Å²) < 4.78 is 54.2. The average Bonchev–Trinajstić information content (AvgIpc) is 3.09. The highest BCUT2D eigenvalue weighted by atomic mass is 32.2. The summed E-state index contributed by atoms with van der Waals surface area (Å²) in [5.74, 6) is 0. The Labute approximate surface area is 174 Å². The smallest absolute Gasteiger partial charge is 0.253 e. The zero-order valence-corrected chi connectivity index (χ0v) is 18.2. The molecular formula is C18H20N4O4S3. The van der Waals surface area contributed by atoms with Crippen LogP contribution in [-0.2, 0) is 26.5 Å². The van der Waals surface area contributed by atoms with E-state index in [1.165, 1.54) is 12.1 Å². The first kappa shape index (κ1) is 21.4. The molecule has 1 aromatic heterocycles. The van der Waals surface area contributed by atoms with E-state index in [1.54, 1.807) is 36.4 Å². The molecule has 2 N–H and O–H groups in total. The average molecular weight is 453 g/mol. The lowest BCUT2D eigenvalue weighted by molar-refractivity contribution is 0.581. The van der Waals surface area contributed by atoms with Gasteiger partial charge >= 0.3 is 0 Å². The minimum absolute atomic E-state index is 0.121. The van der Waals surface area contributed by atoms with Crippen molar-refractivity contribution in [2.75, 3.05) is 11.3 Å². The van der Waals surface area contributed by atoms with Gasteiger partial charge in [0.1, 0.15) is 5.01 Å². The van der Waals surface area contributed by atoms with Crippen LogP contribution in [0.3, 0.4) is 0 Å². The second-order valence-corrected chi connectivity index (χ2v) is 10.9. The van der Waals surface area contributed by atoms with E-state index in [2.05, 4.69) is 19.6 Å². The van der Waals surface area contributed by atoms with E-state index in [4.69, 9.17) is 0 Å². The molecule has 154 valence electrons. The normalized spacial score (nSPS) is 12.1. The van der Waals surface area contributed by atoms with Crippen molar-refractivity contribution in [3.05, 3.63) is 64.7 Å². The summed E-state index contributed by atoms with van der Waals surface area (Å²) >= 11 is 1.06. The lowest BCUT2D eigenvalue weighted by Gasteiger charge is -2.06. The van der Waals surface area contributed by atoms with Gasteiger partial charge in [0.2, 0.25) is 15.2 Å². The maximum Gasteiger partial charge on any atom is 0.263 e. The first-order valence-corrected chi connectivity index (χ1v) is 12.4. The largest absolute Gasteiger partial charge is 0.263 e. The van der Waals surface area contributed by atoms with E-state index in [0.29, 0.717) is 5.01 Å². The first-order valence-electron chi connectivity index (χ1n) is 8.64. The molecule has 0 bridgehead atoms. The van der Waals surface area contributed by atoms with Crippen molar-refractivity contribution < 1.29 is 16.8 Å². The third-order valence-corrected chi connectivity index (χ3v) is 7.84. The van der Waals surface area contributed by atoms with E-state index in [9.17, 15) is 16.8 Å². The van der Waals surface area contributed by atoms with Gasteiger partial charge in [0.25, 0.3) is 10.0 Å². The van der Waals surface area contributed by atoms with Crippen LogP contribution in [0.15, 0.2) is 58.3 Å². The Morgan fingerprint density at radius 2 is 1.31 bits per heavy atom. The Morgan fingerprint density at radius 1 is 0.793 bits per heavy atom. The summed E-state index contributed by atoms with van der Waals surface area (Å²) in [5.41, 5.74) is 1.92. The summed E-state index contributed by atoms with van der Waals surface area (Å²) in [7, 11) is -7.37. The molecule has 0 aliphatic carbocycles. The van der Waals surface area contributed by atoms with Crippen molar-refractivity contribution in [1.29, 1.82) is 0 Å². The zero-order chi connectivity index (χ0) is 21.1. The zero-order valence-electron chi connectivity index (χ0n) is 15.8. The predicted octanol–water partition coefficient (Wildman–Crippen LogP) is 2.48. The van der Waals surface area contributed by atoms with Gasteiger partial charge in [-0.25, -0.2) is 21.6 Å². The van der Waals surface area contributed by atoms with Crippen molar-refractivity contribution in [2.45, 2.75) is 30.1 Å². The molecule has 1 heterocycles. The molecule has 2 aromatic carbocycles. The minimum atomic E-state index is -3.75. The third kappa shape index (κ3) is 5.60. The quantitative estimate of drug-likeness (QED) is 0.542. The Kier molecular flexibility index (Phi) is 6.32. The molecule has 0 aliphatic heterocycles. The van der Waals surface area contributed by atoms with Gasteiger partial charge in [0.05, 0.1) is 9.79 Å². The van der Waals surface area contributed by atoms with E-state index in [0.717, 1.165) is 22.5 Å². The van der Waals surface area contributed by atoms with E-state index >= 15 is 0 Å². The number of rotatable bonds is 8. The minimum Gasteiger partial charge on any atom is -0.253 e. The molecule has 0 amide bonds. The highest BCUT2D eigenvalue weighted by Gasteiger charge is 2.17. The van der Waals surface area contributed by atoms with Crippen molar-refractivity contribution in [1.82, 2.24) is 14.9 Å². The molecule has 29 heavy (non-hydrogen) atoms. The molecule has 0 fully saturated rings. The van der Waals surface area contributed by atoms with Crippen LogP contribution in [0.5, 0.6) is 0 Å². The van der Waals surface area contributed by atoms with Crippen LogP contribution in [0.4, 0.5) is 5.13 Å². The maximum absolute atomic E-state index is 12.4. The van der Waals surface area contributed by atoms with Gasteiger partial charge < -0.3 is 0 Å². The lowest BCUT2D eigenvalue weighted by Crippen LogP contribution is -2.25. The number of aromatic nitrogens is 2. The van der Waals surface area contributed by atoms with Gasteiger partial charge in [-0.2, -0.15) is 0 Å². The van der Waals surface area contributed by atoms with Crippen molar-refractivity contribution in [3.8, 4) is 0 Å². The summed E-state index contributed by atoms with van der Waals surface area (Å²) in [6.07, 6.45) is 0.287. The van der Waals surface area contributed by atoms with Gasteiger partial charge in [-0.15, -0.1) is 10.2 Å². The Bertz CT molecular complexity index is 1190.